The van der Waals surface area contributed by atoms with Crippen molar-refractivity contribution in [1.29, 1.82) is 0 Å². The number of nitrogens with two attached hydrogens (primary N) is 1. The van der Waals surface area contributed by atoms with Crippen LogP contribution in [0.2, 0.25) is 10.0 Å². The van der Waals surface area contributed by atoms with Crippen molar-refractivity contribution in [3.8, 4) is 22.0 Å². The molecule has 6 nitrogen and oxygen atoms in total. The number of halogens is 2. The van der Waals surface area contributed by atoms with Crippen LogP contribution in [0.3, 0.4) is 0 Å². The summed E-state index contributed by atoms with van der Waals surface area (Å²) in [6, 6.07) is 7.24. The summed E-state index contributed by atoms with van der Waals surface area (Å²) in [7, 11) is 0. The molecule has 0 aliphatic carbocycles. The summed E-state index contributed by atoms with van der Waals surface area (Å²) in [5.41, 5.74) is 9.20. The highest BCUT2D eigenvalue weighted by Crippen LogP contribution is 2.37. The second-order valence-corrected chi connectivity index (χ2v) is 9.16. The van der Waals surface area contributed by atoms with Gasteiger partial charge in [0.05, 0.1) is 27.0 Å². The molecule has 0 saturated carbocycles. The van der Waals surface area contributed by atoms with E-state index in [4.69, 9.17) is 33.9 Å². The van der Waals surface area contributed by atoms with Gasteiger partial charge in [-0.15, -0.1) is 11.3 Å². The molecule has 3 heterocycles. The van der Waals surface area contributed by atoms with E-state index in [1.54, 1.807) is 12.1 Å². The zero-order valence-corrected chi connectivity index (χ0v) is 19.4. The Kier molecular flexibility index (Phi) is 6.36. The number of benzene rings is 1. The second-order valence-electron chi connectivity index (χ2n) is 7.52. The summed E-state index contributed by atoms with van der Waals surface area (Å²) in [5, 5.41) is 3.62. The van der Waals surface area contributed by atoms with Crippen molar-refractivity contribution in [1.82, 2.24) is 14.5 Å². The first-order valence-electron chi connectivity index (χ1n) is 10.0. The lowest BCUT2D eigenvalue weighted by Crippen LogP contribution is -2.26. The molecule has 0 bridgehead atoms. The van der Waals surface area contributed by atoms with E-state index >= 15 is 0 Å². The lowest BCUT2D eigenvalue weighted by atomic mass is 10.2. The normalized spacial score (nSPS) is 13.9. The van der Waals surface area contributed by atoms with Crippen LogP contribution in [0, 0.1) is 6.92 Å². The van der Waals surface area contributed by atoms with Crippen molar-refractivity contribution < 1.29 is 9.59 Å². The molecule has 1 aromatic carbocycles. The zero-order valence-electron chi connectivity index (χ0n) is 17.0. The maximum atomic E-state index is 12.0. The van der Waals surface area contributed by atoms with E-state index in [0.29, 0.717) is 35.1 Å². The maximum Gasteiger partial charge on any atom is 0.250 e. The lowest BCUT2D eigenvalue weighted by molar-refractivity contribution is -0.127. The number of likely N-dealkylation sites (tertiary alicyclic amines) is 1. The van der Waals surface area contributed by atoms with Gasteiger partial charge < -0.3 is 15.2 Å². The molecule has 1 saturated heterocycles. The molecule has 2 amide bonds. The van der Waals surface area contributed by atoms with Crippen LogP contribution in [0.25, 0.3) is 22.0 Å². The number of primary amides is 1. The lowest BCUT2D eigenvalue weighted by Gasteiger charge is -2.17. The molecule has 2 aromatic heterocycles. The highest BCUT2D eigenvalue weighted by Gasteiger charge is 2.22. The van der Waals surface area contributed by atoms with Gasteiger partial charge in [0.15, 0.2) is 0 Å². The topological polar surface area (TPSA) is 81.2 Å². The average molecular weight is 477 g/mol. The van der Waals surface area contributed by atoms with Crippen molar-refractivity contribution in [3.63, 3.8) is 0 Å². The van der Waals surface area contributed by atoms with Crippen LogP contribution >= 0.6 is 34.5 Å². The van der Waals surface area contributed by atoms with Crippen molar-refractivity contribution in [2.24, 2.45) is 5.73 Å². The van der Waals surface area contributed by atoms with Gasteiger partial charge in [0.25, 0.3) is 5.91 Å². The van der Waals surface area contributed by atoms with Crippen LogP contribution < -0.4 is 5.73 Å². The highest BCUT2D eigenvalue weighted by molar-refractivity contribution is 7.13. The van der Waals surface area contributed by atoms with E-state index in [9.17, 15) is 9.59 Å². The second kappa shape index (κ2) is 9.02. The quantitative estimate of drug-likeness (QED) is 0.520. The fourth-order valence-electron chi connectivity index (χ4n) is 3.94. The Labute approximate surface area is 194 Å². The van der Waals surface area contributed by atoms with Gasteiger partial charge in [-0.3, -0.25) is 9.59 Å². The molecule has 9 heteroatoms. The largest absolute Gasteiger partial charge is 0.366 e. The van der Waals surface area contributed by atoms with Gasteiger partial charge >= 0.3 is 0 Å². The van der Waals surface area contributed by atoms with Crippen LogP contribution in [0.5, 0.6) is 0 Å². The molecule has 4 rings (SSSR count). The van der Waals surface area contributed by atoms with E-state index < -0.39 is 5.91 Å². The zero-order chi connectivity index (χ0) is 22.1. The van der Waals surface area contributed by atoms with Crippen LogP contribution in [0.4, 0.5) is 0 Å². The number of hydrogen-bond donors (Lipinski definition) is 1. The van der Waals surface area contributed by atoms with E-state index in [-0.39, 0.29) is 5.91 Å². The predicted molar refractivity (Wildman–Crippen MR) is 125 cm³/mol. The highest BCUT2D eigenvalue weighted by atomic mass is 35.5. The Hall–Kier alpha value is -2.35. The number of nitrogens with zero attached hydrogens (tertiary/aromatic N) is 3. The number of amides is 2. The molecule has 1 aliphatic rings. The Balaban J connectivity index is 1.64. The summed E-state index contributed by atoms with van der Waals surface area (Å²) >= 11 is 14.0. The smallest absolute Gasteiger partial charge is 0.250 e. The third-order valence-corrected chi connectivity index (χ3v) is 7.26. The van der Waals surface area contributed by atoms with Crippen LogP contribution in [-0.2, 0) is 11.3 Å². The molecule has 2 N–H and O–H groups in total. The molecule has 0 unspecified atom stereocenters. The molecule has 1 aliphatic heterocycles. The van der Waals surface area contributed by atoms with E-state index in [2.05, 4.69) is 4.57 Å². The van der Waals surface area contributed by atoms with E-state index in [1.807, 2.05) is 29.3 Å². The fourth-order valence-corrected chi connectivity index (χ4v) is 5.23. The maximum absolute atomic E-state index is 12.0. The van der Waals surface area contributed by atoms with E-state index in [1.165, 1.54) is 11.3 Å². The minimum absolute atomic E-state index is 0.213. The van der Waals surface area contributed by atoms with Gasteiger partial charge in [-0.2, -0.15) is 0 Å². The van der Waals surface area contributed by atoms with Gasteiger partial charge in [0.2, 0.25) is 5.91 Å². The Morgan fingerprint density at radius 2 is 2.10 bits per heavy atom. The average Bonchev–Trinajstić information content (AvgIpc) is 3.44. The first-order chi connectivity index (χ1) is 14.9. The van der Waals surface area contributed by atoms with Crippen molar-refractivity contribution in [2.75, 3.05) is 13.1 Å². The third kappa shape index (κ3) is 4.35. The number of rotatable bonds is 7. The van der Waals surface area contributed by atoms with Crippen LogP contribution in [-0.4, -0.2) is 39.4 Å². The summed E-state index contributed by atoms with van der Waals surface area (Å²) in [6.07, 6.45) is 2.34. The molecule has 0 atom stereocenters. The minimum Gasteiger partial charge on any atom is -0.366 e. The summed E-state index contributed by atoms with van der Waals surface area (Å²) < 4.78 is 2.05. The number of carbonyl (C=O) groups excluding carboxylic acids is 2. The molecule has 162 valence electrons. The number of aromatic nitrogens is 2. The molecular formula is C22H22Cl2N4O2S. The van der Waals surface area contributed by atoms with Gasteiger partial charge in [0.1, 0.15) is 5.01 Å². The Morgan fingerprint density at radius 3 is 2.81 bits per heavy atom. The van der Waals surface area contributed by atoms with Crippen molar-refractivity contribution in [3.05, 3.63) is 50.9 Å². The predicted octanol–water partition coefficient (Wildman–Crippen LogP) is 5.01. The molecule has 1 fully saturated rings. The number of thiazole rings is 1. The standard InChI is InChI=1S/C22H22Cl2N4O2S/c1-13-15(21(25)30)11-18(28(13)10-4-9-27-8-3-7-19(27)29)17-12-31-22(26-17)14-5-2-6-16(23)20(14)24/h2,5-6,11-12H,3-4,7-10H2,1H3,(H2,25,30). The van der Waals surface area contributed by atoms with Gasteiger partial charge in [-0.05, 0) is 31.9 Å². The number of carbonyl (C=O) groups is 2. The summed E-state index contributed by atoms with van der Waals surface area (Å²) in [6.45, 7) is 4.05. The SMILES string of the molecule is Cc1c(C(N)=O)cc(-c2csc(-c3cccc(Cl)c3Cl)n2)n1CCCN1CCCC1=O. The van der Waals surface area contributed by atoms with E-state index in [0.717, 1.165) is 47.0 Å². The minimum atomic E-state index is -0.472. The monoisotopic (exact) mass is 476 g/mol. The van der Waals surface area contributed by atoms with Gasteiger partial charge in [0, 0.05) is 42.7 Å². The first-order valence-corrected chi connectivity index (χ1v) is 11.7. The summed E-state index contributed by atoms with van der Waals surface area (Å²) in [5.74, 6) is -0.259. The Morgan fingerprint density at radius 1 is 1.29 bits per heavy atom. The van der Waals surface area contributed by atoms with Crippen molar-refractivity contribution >= 4 is 46.4 Å². The first kappa shape index (κ1) is 21.9. The van der Waals surface area contributed by atoms with Crippen LogP contribution in [0.15, 0.2) is 29.6 Å². The molecule has 0 radical (unpaired) electrons. The Bertz CT molecular complexity index is 1150. The number of hydrogen-bond acceptors (Lipinski definition) is 4. The van der Waals surface area contributed by atoms with Gasteiger partial charge in [-0.25, -0.2) is 4.98 Å². The summed E-state index contributed by atoms with van der Waals surface area (Å²) in [4.78, 5) is 30.5. The van der Waals surface area contributed by atoms with Crippen LogP contribution in [0.1, 0.15) is 35.3 Å². The van der Waals surface area contributed by atoms with Crippen molar-refractivity contribution in [2.45, 2.75) is 32.7 Å². The molecule has 0 spiro atoms. The molecular weight excluding hydrogens is 455 g/mol. The third-order valence-electron chi connectivity index (χ3n) is 5.56. The van der Waals surface area contributed by atoms with Gasteiger partial charge in [-0.1, -0.05) is 35.3 Å². The molecule has 3 aromatic rings. The fraction of sp³-hybridized carbons (Fsp3) is 0.318. The molecule has 31 heavy (non-hydrogen) atoms.